The van der Waals surface area contributed by atoms with E-state index in [-0.39, 0.29) is 0 Å². The van der Waals surface area contributed by atoms with Crippen LogP contribution in [-0.2, 0) is 20.1 Å². The molecule has 0 amide bonds. The maximum absolute atomic E-state index is 10.9. The summed E-state index contributed by atoms with van der Waals surface area (Å²) in [6, 6.07) is 0. The Morgan fingerprint density at radius 3 is 1.61 bits per heavy atom. The number of rotatable bonds is 1. The van der Waals surface area contributed by atoms with Gasteiger partial charge in [-0.25, -0.2) is 8.42 Å². The Hall–Kier alpha value is -0.430. The molecular formula is C6H13F3N2O5S2. The molecule has 0 spiro atoms. The van der Waals surface area contributed by atoms with Crippen LogP contribution in [0.25, 0.3) is 0 Å². The van der Waals surface area contributed by atoms with E-state index in [0.717, 1.165) is 13.1 Å². The summed E-state index contributed by atoms with van der Waals surface area (Å²) in [5.41, 5.74) is -5.53. The molecular weight excluding hydrogens is 301 g/mol. The molecule has 0 radical (unpaired) electrons. The van der Waals surface area contributed by atoms with Gasteiger partial charge >= 0.3 is 15.6 Å². The molecule has 0 atom stereocenters. The largest absolute Gasteiger partial charge is 0.522 e. The first-order chi connectivity index (χ1) is 7.86. The van der Waals surface area contributed by atoms with Gasteiger partial charge in [0.1, 0.15) is 0 Å². The summed E-state index contributed by atoms with van der Waals surface area (Å²) in [7, 11) is -8.77. The Bertz CT molecular complexity index is 452. The fourth-order valence-corrected chi connectivity index (χ4v) is 1.82. The lowest BCUT2D eigenvalue weighted by atomic mass is 10.4. The van der Waals surface area contributed by atoms with Crippen LogP contribution in [0.1, 0.15) is 0 Å². The minimum Gasteiger partial charge on any atom is -0.314 e. The van der Waals surface area contributed by atoms with Gasteiger partial charge in [0, 0.05) is 26.2 Å². The molecule has 1 aliphatic rings. The fourth-order valence-electron chi connectivity index (χ4n) is 0.976. The first-order valence-electron chi connectivity index (χ1n) is 4.55. The van der Waals surface area contributed by atoms with Crippen LogP contribution in [0.3, 0.4) is 0 Å². The Labute approximate surface area is 103 Å². The van der Waals surface area contributed by atoms with Gasteiger partial charge in [-0.3, -0.25) is 4.55 Å². The SMILES string of the molecule is CS(=O)(=O)N1CCNCC1.O=S(=O)(O)C(F)(F)F. The molecule has 12 heteroatoms. The third kappa shape index (κ3) is 6.49. The van der Waals surface area contributed by atoms with E-state index in [9.17, 15) is 21.6 Å². The Kier molecular flexibility index (Phi) is 6.00. The number of hydrogen-bond donors (Lipinski definition) is 2. The number of nitrogens with one attached hydrogen (secondary N) is 1. The summed E-state index contributed by atoms with van der Waals surface area (Å²) >= 11 is 0. The van der Waals surface area contributed by atoms with Gasteiger partial charge in [0.25, 0.3) is 0 Å². The highest BCUT2D eigenvalue weighted by atomic mass is 32.2. The van der Waals surface area contributed by atoms with E-state index < -0.39 is 25.6 Å². The zero-order valence-electron chi connectivity index (χ0n) is 9.31. The van der Waals surface area contributed by atoms with Crippen LogP contribution in [0.2, 0.25) is 0 Å². The third-order valence-electron chi connectivity index (χ3n) is 1.84. The van der Waals surface area contributed by atoms with E-state index in [1.807, 2.05) is 0 Å². The predicted octanol–water partition coefficient (Wildman–Crippen LogP) is -0.755. The first-order valence-corrected chi connectivity index (χ1v) is 7.84. The van der Waals surface area contributed by atoms with E-state index >= 15 is 0 Å². The van der Waals surface area contributed by atoms with Crippen molar-refractivity contribution in [1.82, 2.24) is 9.62 Å². The summed E-state index contributed by atoms with van der Waals surface area (Å²) < 4.78 is 80.8. The molecule has 0 bridgehead atoms. The van der Waals surface area contributed by atoms with Gasteiger partial charge in [-0.1, -0.05) is 0 Å². The van der Waals surface area contributed by atoms with Gasteiger partial charge in [-0.2, -0.15) is 25.9 Å². The molecule has 2 N–H and O–H groups in total. The molecule has 0 aromatic carbocycles. The number of halogens is 3. The van der Waals surface area contributed by atoms with Crippen LogP contribution < -0.4 is 5.32 Å². The zero-order valence-corrected chi connectivity index (χ0v) is 10.9. The standard InChI is InChI=1S/C5H12N2O2S.CHF3O3S/c1-10(8,9)7-4-2-6-3-5-7;2-1(3,4)8(5,6)7/h6H,2-5H2,1H3;(H,5,6,7). The van der Waals surface area contributed by atoms with Crippen LogP contribution in [0.15, 0.2) is 0 Å². The van der Waals surface area contributed by atoms with Gasteiger partial charge in [-0.05, 0) is 0 Å². The summed E-state index contributed by atoms with van der Waals surface area (Å²) in [5, 5.41) is 3.08. The molecule has 110 valence electrons. The molecule has 18 heavy (non-hydrogen) atoms. The van der Waals surface area contributed by atoms with Crippen molar-refractivity contribution < 1.29 is 34.6 Å². The van der Waals surface area contributed by atoms with E-state index in [1.165, 1.54) is 10.6 Å². The minimum atomic E-state index is -5.84. The lowest BCUT2D eigenvalue weighted by molar-refractivity contribution is -0.0510. The number of sulfonamides is 1. The van der Waals surface area contributed by atoms with Crippen molar-refractivity contribution in [2.45, 2.75) is 5.51 Å². The predicted molar refractivity (Wildman–Crippen MR) is 56.9 cm³/mol. The third-order valence-corrected chi connectivity index (χ3v) is 3.73. The fraction of sp³-hybridized carbons (Fsp3) is 1.00. The monoisotopic (exact) mass is 314 g/mol. The summed E-state index contributed by atoms with van der Waals surface area (Å²) in [6.45, 7) is 2.76. The van der Waals surface area contributed by atoms with Crippen molar-refractivity contribution >= 4 is 20.1 Å². The van der Waals surface area contributed by atoms with E-state index in [4.69, 9.17) is 13.0 Å². The molecule has 0 unspecified atom stereocenters. The molecule has 1 heterocycles. The normalized spacial score (nSPS) is 18.9. The maximum atomic E-state index is 10.9. The van der Waals surface area contributed by atoms with Crippen molar-refractivity contribution in [3.05, 3.63) is 0 Å². The highest BCUT2D eigenvalue weighted by Crippen LogP contribution is 2.20. The van der Waals surface area contributed by atoms with Gasteiger partial charge in [0.05, 0.1) is 6.26 Å². The lowest BCUT2D eigenvalue weighted by Gasteiger charge is -2.24. The van der Waals surface area contributed by atoms with Crippen molar-refractivity contribution in [1.29, 1.82) is 0 Å². The summed E-state index contributed by atoms with van der Waals surface area (Å²) in [4.78, 5) is 0. The second kappa shape index (κ2) is 6.14. The molecule has 0 aromatic heterocycles. The highest BCUT2D eigenvalue weighted by Gasteiger charge is 2.44. The van der Waals surface area contributed by atoms with Crippen molar-refractivity contribution in [3.8, 4) is 0 Å². The second-order valence-corrected chi connectivity index (χ2v) is 6.73. The van der Waals surface area contributed by atoms with Crippen molar-refractivity contribution in [3.63, 3.8) is 0 Å². The van der Waals surface area contributed by atoms with E-state index in [2.05, 4.69) is 5.32 Å². The van der Waals surface area contributed by atoms with Crippen LogP contribution >= 0.6 is 0 Å². The van der Waals surface area contributed by atoms with Crippen LogP contribution in [0.5, 0.6) is 0 Å². The Balaban J connectivity index is 0.000000331. The van der Waals surface area contributed by atoms with Gasteiger partial charge in [-0.15, -0.1) is 0 Å². The zero-order chi connectivity index (χ0) is 14.6. The average molecular weight is 314 g/mol. The number of nitrogens with zero attached hydrogens (tertiary/aromatic N) is 1. The van der Waals surface area contributed by atoms with Crippen molar-refractivity contribution in [2.75, 3.05) is 32.4 Å². The molecule has 1 aliphatic heterocycles. The quantitative estimate of drug-likeness (QED) is 0.487. The highest BCUT2D eigenvalue weighted by molar-refractivity contribution is 7.88. The topological polar surface area (TPSA) is 104 Å². The Morgan fingerprint density at radius 2 is 1.44 bits per heavy atom. The molecule has 0 aromatic rings. The second-order valence-electron chi connectivity index (χ2n) is 3.33. The van der Waals surface area contributed by atoms with Crippen LogP contribution in [-0.4, -0.2) is 63.6 Å². The van der Waals surface area contributed by atoms with Crippen molar-refractivity contribution in [2.24, 2.45) is 0 Å². The average Bonchev–Trinajstić information content (AvgIpc) is 2.15. The van der Waals surface area contributed by atoms with Gasteiger partial charge in [0.2, 0.25) is 10.0 Å². The van der Waals surface area contributed by atoms with E-state index in [1.54, 1.807) is 0 Å². The van der Waals surface area contributed by atoms with Gasteiger partial charge in [0.15, 0.2) is 0 Å². The molecule has 1 fully saturated rings. The summed E-state index contributed by atoms with van der Waals surface area (Å²) in [5.74, 6) is 0. The maximum Gasteiger partial charge on any atom is 0.522 e. The van der Waals surface area contributed by atoms with Crippen LogP contribution in [0, 0.1) is 0 Å². The molecule has 0 aliphatic carbocycles. The number of alkyl halides is 3. The number of hydrogen-bond acceptors (Lipinski definition) is 5. The molecule has 0 saturated carbocycles. The molecule has 1 saturated heterocycles. The molecule has 7 nitrogen and oxygen atoms in total. The smallest absolute Gasteiger partial charge is 0.314 e. The minimum absolute atomic E-state index is 0.610. The van der Waals surface area contributed by atoms with Gasteiger partial charge < -0.3 is 5.32 Å². The first kappa shape index (κ1) is 17.6. The molecule has 1 rings (SSSR count). The summed E-state index contributed by atoms with van der Waals surface area (Å²) in [6.07, 6.45) is 1.25. The Morgan fingerprint density at radius 1 is 1.11 bits per heavy atom. The number of piperazine rings is 1. The lowest BCUT2D eigenvalue weighted by Crippen LogP contribution is -2.45. The van der Waals surface area contributed by atoms with E-state index in [0.29, 0.717) is 13.1 Å². The van der Waals surface area contributed by atoms with Crippen LogP contribution in [0.4, 0.5) is 13.2 Å².